The maximum Gasteiger partial charge on any atom is 0.265 e. The Labute approximate surface area is 127 Å². The first-order valence-electron chi connectivity index (χ1n) is 5.44. The molecular weight excluding hydrogens is 370 g/mol. The molecule has 0 atom stereocenters. The lowest BCUT2D eigenvalue weighted by atomic mass is 10.3. The summed E-state index contributed by atoms with van der Waals surface area (Å²) in [6, 6.07) is 4.16. The minimum Gasteiger partial charge on any atom is -0.307 e. The van der Waals surface area contributed by atoms with Gasteiger partial charge >= 0.3 is 0 Å². The Balaban J connectivity index is 2.45. The van der Waals surface area contributed by atoms with Crippen LogP contribution in [0.5, 0.6) is 0 Å². The van der Waals surface area contributed by atoms with E-state index in [9.17, 15) is 17.2 Å². The summed E-state index contributed by atoms with van der Waals surface area (Å²) >= 11 is 2.85. The summed E-state index contributed by atoms with van der Waals surface area (Å²) in [4.78, 5) is 3.47. The van der Waals surface area contributed by atoms with Crippen LogP contribution in [0.2, 0.25) is 0 Å². The van der Waals surface area contributed by atoms with Crippen LogP contribution in [0.4, 0.5) is 20.3 Å². The Morgan fingerprint density at radius 3 is 2.62 bits per heavy atom. The van der Waals surface area contributed by atoms with Crippen LogP contribution >= 0.6 is 15.9 Å². The third-order valence-corrected chi connectivity index (χ3v) is 4.46. The van der Waals surface area contributed by atoms with Gasteiger partial charge in [-0.1, -0.05) is 0 Å². The summed E-state index contributed by atoms with van der Waals surface area (Å²) < 4.78 is 53.1. The molecule has 21 heavy (non-hydrogen) atoms. The lowest BCUT2D eigenvalue weighted by Gasteiger charge is -2.12. The van der Waals surface area contributed by atoms with Gasteiger partial charge in [-0.15, -0.1) is 0 Å². The highest BCUT2D eigenvalue weighted by atomic mass is 79.9. The lowest BCUT2D eigenvalue weighted by Crippen LogP contribution is -2.19. The first-order chi connectivity index (χ1) is 9.85. The second kappa shape index (κ2) is 5.92. The Hall–Kier alpha value is -1.78. The van der Waals surface area contributed by atoms with E-state index in [1.807, 2.05) is 4.72 Å². The van der Waals surface area contributed by atoms with E-state index < -0.39 is 27.3 Å². The number of hydrogen-bond acceptors (Lipinski definition) is 5. The van der Waals surface area contributed by atoms with Crippen LogP contribution in [-0.4, -0.2) is 13.4 Å². The first kappa shape index (κ1) is 15.6. The third kappa shape index (κ3) is 3.28. The molecule has 10 heteroatoms. The molecule has 4 N–H and O–H groups in total. The fraction of sp³-hybridized carbons (Fsp3) is 0. The van der Waals surface area contributed by atoms with Crippen molar-refractivity contribution in [2.24, 2.45) is 5.84 Å². The van der Waals surface area contributed by atoms with E-state index in [0.717, 1.165) is 6.07 Å². The van der Waals surface area contributed by atoms with E-state index in [-0.39, 0.29) is 15.2 Å². The van der Waals surface area contributed by atoms with Gasteiger partial charge in [0.2, 0.25) is 0 Å². The fourth-order valence-corrected chi connectivity index (χ4v) is 3.04. The van der Waals surface area contributed by atoms with Crippen LogP contribution in [0.3, 0.4) is 0 Å². The van der Waals surface area contributed by atoms with Crippen molar-refractivity contribution in [2.75, 3.05) is 10.1 Å². The molecule has 0 bridgehead atoms. The highest BCUT2D eigenvalue weighted by molar-refractivity contribution is 9.10. The van der Waals surface area contributed by atoms with Crippen LogP contribution in [-0.2, 0) is 10.0 Å². The van der Waals surface area contributed by atoms with Gasteiger partial charge in [-0.3, -0.25) is 4.72 Å². The average Bonchev–Trinajstić information content (AvgIpc) is 2.44. The van der Waals surface area contributed by atoms with Crippen molar-refractivity contribution in [3.05, 3.63) is 46.6 Å². The van der Waals surface area contributed by atoms with Gasteiger partial charge in [0, 0.05) is 12.3 Å². The molecule has 0 saturated carbocycles. The molecular formula is C11H9BrF2N4O2S. The van der Waals surface area contributed by atoms with Crippen LogP contribution in [0.25, 0.3) is 0 Å². The number of anilines is 2. The summed E-state index contributed by atoms with van der Waals surface area (Å²) in [5, 5.41) is 0. The number of aromatic nitrogens is 1. The fourth-order valence-electron chi connectivity index (χ4n) is 1.52. The zero-order valence-corrected chi connectivity index (χ0v) is 12.7. The van der Waals surface area contributed by atoms with Gasteiger partial charge in [0.25, 0.3) is 10.0 Å². The Morgan fingerprint density at radius 2 is 1.95 bits per heavy atom. The van der Waals surface area contributed by atoms with E-state index in [4.69, 9.17) is 5.84 Å². The normalized spacial score (nSPS) is 11.2. The molecule has 0 saturated heterocycles. The molecule has 0 unspecified atom stereocenters. The van der Waals surface area contributed by atoms with Crippen molar-refractivity contribution in [1.29, 1.82) is 0 Å². The molecule has 0 spiro atoms. The van der Waals surface area contributed by atoms with Crippen molar-refractivity contribution in [3.63, 3.8) is 0 Å². The number of nitrogens with two attached hydrogens (primary N) is 1. The van der Waals surface area contributed by atoms with E-state index in [1.54, 1.807) is 0 Å². The highest BCUT2D eigenvalue weighted by Crippen LogP contribution is 2.27. The summed E-state index contributed by atoms with van der Waals surface area (Å²) in [7, 11) is -4.15. The van der Waals surface area contributed by atoms with Crippen molar-refractivity contribution >= 4 is 37.5 Å². The smallest absolute Gasteiger partial charge is 0.265 e. The predicted molar refractivity (Wildman–Crippen MR) is 76.9 cm³/mol. The molecule has 0 aliphatic carbocycles. The van der Waals surface area contributed by atoms with Gasteiger partial charge in [-0.2, -0.15) is 0 Å². The SMILES string of the molecule is NNc1ncccc1S(=O)(=O)Nc1cc(Br)c(F)cc1F. The standard InChI is InChI=1S/C11H9BrF2N4O2S/c12-6-4-9(8(14)5-7(6)13)18-21(19,20)10-2-1-3-16-11(10)17-15/h1-5,18H,15H2,(H,16,17). The van der Waals surface area contributed by atoms with E-state index in [1.165, 1.54) is 18.3 Å². The van der Waals surface area contributed by atoms with Crippen molar-refractivity contribution in [1.82, 2.24) is 4.98 Å². The largest absolute Gasteiger partial charge is 0.307 e. The van der Waals surface area contributed by atoms with Crippen LogP contribution in [0, 0.1) is 11.6 Å². The third-order valence-electron chi connectivity index (χ3n) is 2.45. The topological polar surface area (TPSA) is 97.1 Å². The molecule has 0 amide bonds. The second-order valence-electron chi connectivity index (χ2n) is 3.85. The number of nitrogens with zero attached hydrogens (tertiary/aromatic N) is 1. The van der Waals surface area contributed by atoms with Gasteiger partial charge in [0.15, 0.2) is 5.82 Å². The second-order valence-corrected chi connectivity index (χ2v) is 6.35. The first-order valence-corrected chi connectivity index (χ1v) is 7.72. The van der Waals surface area contributed by atoms with Gasteiger partial charge in [-0.25, -0.2) is 28.0 Å². The maximum atomic E-state index is 13.6. The minimum absolute atomic E-state index is 0.0787. The molecule has 0 aliphatic heterocycles. The lowest BCUT2D eigenvalue weighted by molar-refractivity contribution is 0.579. The number of rotatable bonds is 4. The summed E-state index contributed by atoms with van der Waals surface area (Å²) in [5.41, 5.74) is 1.72. The minimum atomic E-state index is -4.15. The Kier molecular flexibility index (Phi) is 4.40. The number of sulfonamides is 1. The molecule has 0 radical (unpaired) electrons. The zero-order chi connectivity index (χ0) is 15.6. The maximum absolute atomic E-state index is 13.6. The van der Waals surface area contributed by atoms with Gasteiger partial charge in [0.1, 0.15) is 16.5 Å². The zero-order valence-electron chi connectivity index (χ0n) is 10.3. The monoisotopic (exact) mass is 378 g/mol. The summed E-state index contributed by atoms with van der Waals surface area (Å²) in [5.74, 6) is 3.18. The molecule has 2 rings (SSSR count). The van der Waals surface area contributed by atoms with Crippen molar-refractivity contribution < 1.29 is 17.2 Å². The molecule has 1 heterocycles. The van der Waals surface area contributed by atoms with Crippen LogP contribution in [0.1, 0.15) is 0 Å². The Bertz CT molecular complexity index is 786. The molecule has 0 aliphatic rings. The number of halogens is 3. The number of benzene rings is 1. The number of hydrazine groups is 1. The van der Waals surface area contributed by atoms with Crippen molar-refractivity contribution in [3.8, 4) is 0 Å². The van der Waals surface area contributed by atoms with E-state index in [0.29, 0.717) is 6.07 Å². The van der Waals surface area contributed by atoms with Crippen molar-refractivity contribution in [2.45, 2.75) is 4.90 Å². The molecule has 2 aromatic rings. The molecule has 1 aromatic heterocycles. The highest BCUT2D eigenvalue weighted by Gasteiger charge is 2.21. The van der Waals surface area contributed by atoms with E-state index in [2.05, 4.69) is 26.3 Å². The van der Waals surface area contributed by atoms with Gasteiger partial charge in [0.05, 0.1) is 10.2 Å². The van der Waals surface area contributed by atoms with Gasteiger partial charge in [-0.05, 0) is 34.1 Å². The number of nitrogen functional groups attached to an aromatic ring is 1. The summed E-state index contributed by atoms with van der Waals surface area (Å²) in [6.07, 6.45) is 1.34. The number of pyridine rings is 1. The average molecular weight is 379 g/mol. The molecule has 0 fully saturated rings. The number of hydrogen-bond donors (Lipinski definition) is 3. The van der Waals surface area contributed by atoms with Crippen LogP contribution < -0.4 is 16.0 Å². The van der Waals surface area contributed by atoms with Gasteiger partial charge < -0.3 is 5.43 Å². The molecule has 1 aromatic carbocycles. The molecule has 6 nitrogen and oxygen atoms in total. The summed E-state index contributed by atoms with van der Waals surface area (Å²) in [6.45, 7) is 0. The molecule has 112 valence electrons. The Morgan fingerprint density at radius 1 is 1.24 bits per heavy atom. The number of nitrogens with one attached hydrogen (secondary N) is 2. The van der Waals surface area contributed by atoms with E-state index >= 15 is 0 Å². The quantitative estimate of drug-likeness (QED) is 0.430. The van der Waals surface area contributed by atoms with Crippen LogP contribution in [0.15, 0.2) is 39.8 Å². The predicted octanol–water partition coefficient (Wildman–Crippen LogP) is 2.21.